The first-order chi connectivity index (χ1) is 10.6. The summed E-state index contributed by atoms with van der Waals surface area (Å²) in [5, 5.41) is 12.2. The Morgan fingerprint density at radius 2 is 2.00 bits per heavy atom. The summed E-state index contributed by atoms with van der Waals surface area (Å²) in [5.74, 6) is -0.148. The molecule has 1 saturated carbocycles. The summed E-state index contributed by atoms with van der Waals surface area (Å²) in [7, 11) is 2.13. The molecule has 22 heavy (non-hydrogen) atoms. The summed E-state index contributed by atoms with van der Waals surface area (Å²) in [4.78, 5) is 17.0. The van der Waals surface area contributed by atoms with Crippen LogP contribution in [0.2, 0.25) is 0 Å². The van der Waals surface area contributed by atoms with Gasteiger partial charge in [0.25, 0.3) is 0 Å². The normalized spacial score (nSPS) is 28.8. The molecule has 3 atom stereocenters. The number of hydrogen-bond donors (Lipinski definition) is 2. The maximum absolute atomic E-state index is 12.3. The van der Waals surface area contributed by atoms with Gasteiger partial charge >= 0.3 is 0 Å². The van der Waals surface area contributed by atoms with Crippen molar-refractivity contribution in [1.29, 1.82) is 5.26 Å². The SMILES string of the molecule is CN1CCN(CC[C@@H](C#N)NC(=O)[C@@H]2CCCC[C@@H]2N)CC1. The van der Waals surface area contributed by atoms with Crippen molar-refractivity contribution in [3.63, 3.8) is 0 Å². The summed E-state index contributed by atoms with van der Waals surface area (Å²) >= 11 is 0. The van der Waals surface area contributed by atoms with E-state index in [2.05, 4.69) is 28.2 Å². The minimum absolute atomic E-state index is 0.0304. The second-order valence-corrected chi connectivity index (χ2v) is 6.68. The Bertz CT molecular complexity index is 400. The van der Waals surface area contributed by atoms with Crippen LogP contribution in [0.3, 0.4) is 0 Å². The van der Waals surface area contributed by atoms with E-state index in [1.54, 1.807) is 0 Å². The van der Waals surface area contributed by atoms with Crippen molar-refractivity contribution in [2.24, 2.45) is 11.7 Å². The fourth-order valence-electron chi connectivity index (χ4n) is 3.32. The number of nitriles is 1. The first kappa shape index (κ1) is 17.2. The van der Waals surface area contributed by atoms with Crippen molar-refractivity contribution in [3.05, 3.63) is 0 Å². The number of nitrogens with two attached hydrogens (primary N) is 1. The third-order valence-corrected chi connectivity index (χ3v) is 4.96. The second kappa shape index (κ2) is 8.47. The highest BCUT2D eigenvalue weighted by molar-refractivity contribution is 5.80. The predicted molar refractivity (Wildman–Crippen MR) is 86.0 cm³/mol. The monoisotopic (exact) mass is 307 g/mol. The molecule has 2 aliphatic rings. The zero-order valence-corrected chi connectivity index (χ0v) is 13.6. The van der Waals surface area contributed by atoms with Gasteiger partial charge < -0.3 is 20.9 Å². The molecule has 3 N–H and O–H groups in total. The van der Waals surface area contributed by atoms with Crippen LogP contribution in [0.15, 0.2) is 0 Å². The number of amides is 1. The summed E-state index contributed by atoms with van der Waals surface area (Å²) in [6.07, 6.45) is 4.62. The molecule has 0 bridgehead atoms. The number of rotatable bonds is 5. The molecule has 1 saturated heterocycles. The minimum Gasteiger partial charge on any atom is -0.340 e. The first-order valence-corrected chi connectivity index (χ1v) is 8.46. The molecular weight excluding hydrogens is 278 g/mol. The van der Waals surface area contributed by atoms with Gasteiger partial charge in [-0.1, -0.05) is 12.8 Å². The molecule has 6 nitrogen and oxygen atoms in total. The van der Waals surface area contributed by atoms with Crippen molar-refractivity contribution in [2.45, 2.75) is 44.2 Å². The van der Waals surface area contributed by atoms with Crippen LogP contribution in [0.4, 0.5) is 0 Å². The highest BCUT2D eigenvalue weighted by Gasteiger charge is 2.29. The maximum Gasteiger partial charge on any atom is 0.225 e. The van der Waals surface area contributed by atoms with Crippen molar-refractivity contribution in [2.75, 3.05) is 39.8 Å². The molecule has 1 amide bonds. The Labute approximate surface area is 133 Å². The molecule has 0 unspecified atom stereocenters. The average molecular weight is 307 g/mol. The van der Waals surface area contributed by atoms with Gasteiger partial charge in [-0.2, -0.15) is 5.26 Å². The van der Waals surface area contributed by atoms with E-state index in [0.717, 1.165) is 58.4 Å². The molecule has 0 spiro atoms. The van der Waals surface area contributed by atoms with E-state index in [-0.39, 0.29) is 17.9 Å². The quantitative estimate of drug-likeness (QED) is 0.755. The molecule has 0 aromatic rings. The van der Waals surface area contributed by atoms with Gasteiger partial charge in [0.1, 0.15) is 6.04 Å². The molecule has 1 aliphatic carbocycles. The topological polar surface area (TPSA) is 85.4 Å². The van der Waals surface area contributed by atoms with Crippen LogP contribution in [-0.2, 0) is 4.79 Å². The van der Waals surface area contributed by atoms with Crippen molar-refractivity contribution < 1.29 is 4.79 Å². The molecular formula is C16H29N5O. The largest absolute Gasteiger partial charge is 0.340 e. The zero-order valence-electron chi connectivity index (χ0n) is 13.6. The van der Waals surface area contributed by atoms with Crippen LogP contribution in [0.5, 0.6) is 0 Å². The number of hydrogen-bond acceptors (Lipinski definition) is 5. The van der Waals surface area contributed by atoms with Crippen LogP contribution in [0.25, 0.3) is 0 Å². The van der Waals surface area contributed by atoms with Crippen LogP contribution in [-0.4, -0.2) is 67.6 Å². The smallest absolute Gasteiger partial charge is 0.225 e. The molecule has 0 aromatic carbocycles. The highest BCUT2D eigenvalue weighted by Crippen LogP contribution is 2.23. The number of carbonyl (C=O) groups is 1. The number of piperazine rings is 1. The summed E-state index contributed by atoms with van der Waals surface area (Å²) in [5.41, 5.74) is 6.04. The van der Waals surface area contributed by atoms with Crippen LogP contribution < -0.4 is 11.1 Å². The van der Waals surface area contributed by atoms with Gasteiger partial charge in [-0.05, 0) is 26.3 Å². The summed E-state index contributed by atoms with van der Waals surface area (Å²) in [6, 6.07) is 1.77. The summed E-state index contributed by atoms with van der Waals surface area (Å²) in [6.45, 7) is 5.08. The lowest BCUT2D eigenvalue weighted by atomic mass is 9.84. The van der Waals surface area contributed by atoms with Gasteiger partial charge in [-0.15, -0.1) is 0 Å². The van der Waals surface area contributed by atoms with Crippen molar-refractivity contribution in [1.82, 2.24) is 15.1 Å². The van der Waals surface area contributed by atoms with E-state index >= 15 is 0 Å². The Hall–Kier alpha value is -1.16. The predicted octanol–water partition coefficient (Wildman–Crippen LogP) is 0.150. The van der Waals surface area contributed by atoms with Crippen LogP contribution >= 0.6 is 0 Å². The van der Waals surface area contributed by atoms with Gasteiger partial charge in [0.15, 0.2) is 0 Å². The molecule has 124 valence electrons. The van der Waals surface area contributed by atoms with Gasteiger partial charge in [0, 0.05) is 38.8 Å². The van der Waals surface area contributed by atoms with E-state index in [9.17, 15) is 10.1 Å². The molecule has 0 aromatic heterocycles. The fraction of sp³-hybridized carbons (Fsp3) is 0.875. The van der Waals surface area contributed by atoms with Gasteiger partial charge in [-0.3, -0.25) is 4.79 Å². The van der Waals surface area contributed by atoms with Crippen molar-refractivity contribution in [3.8, 4) is 6.07 Å². The van der Waals surface area contributed by atoms with Crippen LogP contribution in [0, 0.1) is 17.2 Å². The maximum atomic E-state index is 12.3. The Kier molecular flexibility index (Phi) is 6.62. The molecule has 2 fully saturated rings. The van der Waals surface area contributed by atoms with Gasteiger partial charge in [-0.25, -0.2) is 0 Å². The van der Waals surface area contributed by atoms with Crippen LogP contribution in [0.1, 0.15) is 32.1 Å². The van der Waals surface area contributed by atoms with E-state index < -0.39 is 6.04 Å². The first-order valence-electron chi connectivity index (χ1n) is 8.46. The lowest BCUT2D eigenvalue weighted by Gasteiger charge is -2.33. The lowest BCUT2D eigenvalue weighted by Crippen LogP contribution is -2.48. The van der Waals surface area contributed by atoms with Gasteiger partial charge in [0.05, 0.1) is 12.0 Å². The molecule has 1 aliphatic heterocycles. The Morgan fingerprint density at radius 1 is 1.32 bits per heavy atom. The molecule has 0 radical (unpaired) electrons. The number of likely N-dealkylation sites (N-methyl/N-ethyl adjacent to an activating group) is 1. The van der Waals surface area contributed by atoms with Crippen molar-refractivity contribution >= 4 is 5.91 Å². The third kappa shape index (κ3) is 4.94. The Balaban J connectivity index is 1.74. The fourth-order valence-corrected chi connectivity index (χ4v) is 3.32. The standard InChI is InChI=1S/C16H29N5O/c1-20-8-10-21(11-9-20)7-6-13(12-17)19-16(22)14-4-2-3-5-15(14)18/h13-15H,2-11,18H2,1H3,(H,19,22)/t13-,14+,15-/m0/s1. The highest BCUT2D eigenvalue weighted by atomic mass is 16.2. The number of nitrogens with zero attached hydrogens (tertiary/aromatic N) is 3. The van der Waals surface area contributed by atoms with E-state index in [0.29, 0.717) is 6.42 Å². The van der Waals surface area contributed by atoms with Gasteiger partial charge in [0.2, 0.25) is 5.91 Å². The average Bonchev–Trinajstić information content (AvgIpc) is 2.53. The third-order valence-electron chi connectivity index (χ3n) is 4.96. The molecule has 6 heteroatoms. The summed E-state index contributed by atoms with van der Waals surface area (Å²) < 4.78 is 0. The van der Waals surface area contributed by atoms with E-state index in [4.69, 9.17) is 5.73 Å². The molecule has 1 heterocycles. The molecule has 2 rings (SSSR count). The lowest BCUT2D eigenvalue weighted by molar-refractivity contribution is -0.126. The second-order valence-electron chi connectivity index (χ2n) is 6.68. The number of carbonyl (C=O) groups excluding carboxylic acids is 1. The van der Waals surface area contributed by atoms with E-state index in [1.807, 2.05) is 0 Å². The number of nitrogens with one attached hydrogen (secondary N) is 1. The zero-order chi connectivity index (χ0) is 15.9. The Morgan fingerprint density at radius 3 is 2.64 bits per heavy atom. The minimum atomic E-state index is -0.402. The van der Waals surface area contributed by atoms with E-state index in [1.165, 1.54) is 0 Å².